The molecule has 1 aromatic rings. The number of carbonyl (C=O) groups is 1. The smallest absolute Gasteiger partial charge is 0.314 e. The van der Waals surface area contributed by atoms with Crippen molar-refractivity contribution >= 4 is 11.7 Å². The highest BCUT2D eigenvalue weighted by molar-refractivity contribution is 5.73. The molecule has 0 saturated carbocycles. The first-order chi connectivity index (χ1) is 8.25. The number of nitrogens with zero attached hydrogens (tertiary/aromatic N) is 1. The molecule has 7 heteroatoms. The summed E-state index contributed by atoms with van der Waals surface area (Å²) in [6.45, 7) is 2.38. The Labute approximate surface area is 102 Å². The minimum absolute atomic E-state index is 0.371. The third-order valence-corrected chi connectivity index (χ3v) is 2.30. The Balaban J connectivity index is 2.98. The van der Waals surface area contributed by atoms with Gasteiger partial charge in [0.05, 0.1) is 10.3 Å². The lowest BCUT2D eigenvalue weighted by Crippen LogP contribution is -2.31. The highest BCUT2D eigenvalue weighted by atomic mass is 19.1. The number of nitro benzene ring substituents is 1. The summed E-state index contributed by atoms with van der Waals surface area (Å²) in [6.07, 6.45) is 0. The van der Waals surface area contributed by atoms with E-state index in [4.69, 9.17) is 9.84 Å². The first-order valence-electron chi connectivity index (χ1n) is 5.05. The summed E-state index contributed by atoms with van der Waals surface area (Å²) < 4.78 is 18.4. The maximum absolute atomic E-state index is 13.4. The predicted octanol–water partition coefficient (Wildman–Crippen LogP) is 2.22. The molecule has 1 N–H and O–H groups in total. The number of halogens is 1. The molecule has 0 aromatic heterocycles. The second-order valence-corrected chi connectivity index (χ2v) is 4.32. The third kappa shape index (κ3) is 2.93. The zero-order valence-electron chi connectivity index (χ0n) is 9.84. The lowest BCUT2D eigenvalue weighted by atomic mass is 9.95. The standard InChI is InChI=1S/C11H12FNO5/c1-11(2,10(14)15)6-18-9-7(12)4-3-5-8(9)13(16)17/h3-5H,6H2,1-2H3,(H,14,15). The summed E-state index contributed by atoms with van der Waals surface area (Å²) in [5.74, 6) is -2.58. The van der Waals surface area contributed by atoms with Gasteiger partial charge in [0.1, 0.15) is 6.61 Å². The van der Waals surface area contributed by atoms with Gasteiger partial charge in [-0.3, -0.25) is 14.9 Å². The van der Waals surface area contributed by atoms with Crippen molar-refractivity contribution in [2.24, 2.45) is 5.41 Å². The van der Waals surface area contributed by atoms with Crippen LogP contribution in [-0.4, -0.2) is 22.6 Å². The van der Waals surface area contributed by atoms with E-state index in [1.54, 1.807) is 0 Å². The van der Waals surface area contributed by atoms with Gasteiger partial charge in [-0.05, 0) is 19.9 Å². The Bertz CT molecular complexity index is 486. The molecular formula is C11H12FNO5. The average Bonchev–Trinajstić information content (AvgIpc) is 2.26. The van der Waals surface area contributed by atoms with E-state index in [0.29, 0.717) is 0 Å². The van der Waals surface area contributed by atoms with Crippen LogP contribution in [0.2, 0.25) is 0 Å². The Morgan fingerprint density at radius 3 is 2.67 bits per heavy atom. The van der Waals surface area contributed by atoms with Gasteiger partial charge in [0.2, 0.25) is 5.75 Å². The summed E-state index contributed by atoms with van der Waals surface area (Å²) >= 11 is 0. The number of benzene rings is 1. The van der Waals surface area contributed by atoms with E-state index in [1.165, 1.54) is 19.9 Å². The van der Waals surface area contributed by atoms with Crippen LogP contribution in [0.15, 0.2) is 18.2 Å². The molecule has 0 amide bonds. The Morgan fingerprint density at radius 1 is 1.56 bits per heavy atom. The topological polar surface area (TPSA) is 89.7 Å². The first kappa shape index (κ1) is 13.9. The van der Waals surface area contributed by atoms with Gasteiger partial charge in [-0.1, -0.05) is 6.07 Å². The molecule has 1 rings (SSSR count). The molecule has 0 aliphatic carbocycles. The quantitative estimate of drug-likeness (QED) is 0.645. The van der Waals surface area contributed by atoms with Gasteiger partial charge in [-0.2, -0.15) is 0 Å². The van der Waals surface area contributed by atoms with Crippen molar-refractivity contribution in [2.45, 2.75) is 13.8 Å². The number of nitro groups is 1. The van der Waals surface area contributed by atoms with Gasteiger partial charge in [0.25, 0.3) is 0 Å². The SMILES string of the molecule is CC(C)(COc1c(F)cccc1[N+](=O)[O-])C(=O)O. The molecule has 0 fully saturated rings. The largest absolute Gasteiger partial charge is 0.484 e. The van der Waals surface area contributed by atoms with Gasteiger partial charge in [0, 0.05) is 6.07 Å². The van der Waals surface area contributed by atoms with Gasteiger partial charge in [-0.15, -0.1) is 0 Å². The number of aliphatic carboxylic acids is 1. The van der Waals surface area contributed by atoms with Crippen LogP contribution in [0.5, 0.6) is 5.75 Å². The van der Waals surface area contributed by atoms with Gasteiger partial charge in [0.15, 0.2) is 5.82 Å². The minimum atomic E-state index is -1.27. The zero-order chi connectivity index (χ0) is 13.9. The first-order valence-corrected chi connectivity index (χ1v) is 5.05. The van der Waals surface area contributed by atoms with E-state index in [0.717, 1.165) is 12.1 Å². The summed E-state index contributed by atoms with van der Waals surface area (Å²) in [4.78, 5) is 20.7. The molecule has 0 radical (unpaired) electrons. The van der Waals surface area contributed by atoms with Crippen LogP contribution < -0.4 is 4.74 Å². The monoisotopic (exact) mass is 257 g/mol. The van der Waals surface area contributed by atoms with E-state index in [-0.39, 0.29) is 6.61 Å². The Hall–Kier alpha value is -2.18. The molecule has 0 bridgehead atoms. The molecule has 0 aliphatic heterocycles. The lowest BCUT2D eigenvalue weighted by Gasteiger charge is -2.19. The van der Waals surface area contributed by atoms with Gasteiger partial charge in [-0.25, -0.2) is 4.39 Å². The van der Waals surface area contributed by atoms with E-state index in [2.05, 4.69) is 0 Å². The number of rotatable bonds is 5. The predicted molar refractivity (Wildman–Crippen MR) is 60.0 cm³/mol. The second kappa shape index (κ2) is 4.99. The van der Waals surface area contributed by atoms with Crippen LogP contribution in [-0.2, 0) is 4.79 Å². The molecule has 0 spiro atoms. The molecule has 0 atom stereocenters. The van der Waals surface area contributed by atoms with Crippen LogP contribution in [0.25, 0.3) is 0 Å². The van der Waals surface area contributed by atoms with Gasteiger partial charge >= 0.3 is 11.7 Å². The summed E-state index contributed by atoms with van der Waals surface area (Å²) in [5.41, 5.74) is -1.80. The van der Waals surface area contributed by atoms with Crippen molar-refractivity contribution in [3.8, 4) is 5.75 Å². The molecule has 18 heavy (non-hydrogen) atoms. The molecular weight excluding hydrogens is 245 g/mol. The number of para-hydroxylation sites is 1. The molecule has 6 nitrogen and oxygen atoms in total. The van der Waals surface area contributed by atoms with E-state index in [9.17, 15) is 19.3 Å². The van der Waals surface area contributed by atoms with Gasteiger partial charge < -0.3 is 9.84 Å². The number of carboxylic acids is 1. The van der Waals surface area contributed by atoms with Crippen LogP contribution in [0.1, 0.15) is 13.8 Å². The highest BCUT2D eigenvalue weighted by Gasteiger charge is 2.30. The van der Waals surface area contributed by atoms with Crippen LogP contribution >= 0.6 is 0 Å². The minimum Gasteiger partial charge on any atom is -0.484 e. The Kier molecular flexibility index (Phi) is 3.85. The lowest BCUT2D eigenvalue weighted by molar-refractivity contribution is -0.386. The normalized spacial score (nSPS) is 11.1. The number of hydrogen-bond donors (Lipinski definition) is 1. The van der Waals surface area contributed by atoms with E-state index < -0.39 is 33.6 Å². The van der Waals surface area contributed by atoms with E-state index in [1.807, 2.05) is 0 Å². The van der Waals surface area contributed by atoms with Crippen molar-refractivity contribution in [3.63, 3.8) is 0 Å². The van der Waals surface area contributed by atoms with Crippen molar-refractivity contribution in [1.29, 1.82) is 0 Å². The highest BCUT2D eigenvalue weighted by Crippen LogP contribution is 2.31. The fourth-order valence-electron chi connectivity index (χ4n) is 1.10. The third-order valence-electron chi connectivity index (χ3n) is 2.30. The second-order valence-electron chi connectivity index (χ2n) is 4.32. The molecule has 98 valence electrons. The maximum atomic E-state index is 13.4. The molecule has 0 unspecified atom stereocenters. The Morgan fingerprint density at radius 2 is 2.17 bits per heavy atom. The summed E-state index contributed by atoms with van der Waals surface area (Å²) in [7, 11) is 0. The molecule has 0 aliphatic rings. The van der Waals surface area contributed by atoms with Crippen molar-refractivity contribution < 1.29 is 24.0 Å². The maximum Gasteiger partial charge on any atom is 0.314 e. The molecule has 0 saturated heterocycles. The number of carboxylic acid groups (broad SMARTS) is 1. The number of ether oxygens (including phenoxy) is 1. The summed E-state index contributed by atoms with van der Waals surface area (Å²) in [5, 5.41) is 19.5. The summed E-state index contributed by atoms with van der Waals surface area (Å²) in [6, 6.07) is 3.28. The van der Waals surface area contributed by atoms with Crippen LogP contribution in [0.4, 0.5) is 10.1 Å². The fourth-order valence-corrected chi connectivity index (χ4v) is 1.10. The fraction of sp³-hybridized carbons (Fsp3) is 0.364. The van der Waals surface area contributed by atoms with Crippen molar-refractivity contribution in [2.75, 3.05) is 6.61 Å². The van der Waals surface area contributed by atoms with E-state index >= 15 is 0 Å². The van der Waals surface area contributed by atoms with Crippen molar-refractivity contribution in [3.05, 3.63) is 34.1 Å². The average molecular weight is 257 g/mol. The van der Waals surface area contributed by atoms with Crippen molar-refractivity contribution in [1.82, 2.24) is 0 Å². The molecule has 0 heterocycles. The van der Waals surface area contributed by atoms with Crippen LogP contribution in [0, 0.1) is 21.3 Å². The molecule has 1 aromatic carbocycles. The van der Waals surface area contributed by atoms with Crippen LogP contribution in [0.3, 0.4) is 0 Å². The number of hydrogen-bond acceptors (Lipinski definition) is 4. The zero-order valence-corrected chi connectivity index (χ0v) is 9.84.